The summed E-state index contributed by atoms with van der Waals surface area (Å²) in [5.74, 6) is -1.10. The number of ether oxygens (including phenoxy) is 2. The number of rotatable bonds is 38. The molecule has 57 heavy (non-hydrogen) atoms. The minimum atomic E-state index is -5.10. The fraction of sp³-hybridized carbons (Fsp3) is 0.953. The Morgan fingerprint density at radius 1 is 0.474 bits per heavy atom. The van der Waals surface area contributed by atoms with Crippen LogP contribution in [0.25, 0.3) is 0 Å². The molecule has 0 aliphatic heterocycles. The zero-order valence-electron chi connectivity index (χ0n) is 35.7. The van der Waals surface area contributed by atoms with Crippen LogP contribution in [0.2, 0.25) is 0 Å². The van der Waals surface area contributed by atoms with Crippen LogP contribution in [0.1, 0.15) is 206 Å². The molecule has 6 atom stereocenters. The summed E-state index contributed by atoms with van der Waals surface area (Å²) in [4.78, 5) is 35.4. The van der Waals surface area contributed by atoms with Crippen molar-refractivity contribution in [3.05, 3.63) is 0 Å². The Morgan fingerprint density at radius 3 is 1.16 bits per heavy atom. The molecule has 0 aromatic carbocycles. The van der Waals surface area contributed by atoms with E-state index in [9.17, 15) is 44.6 Å². The predicted molar refractivity (Wildman–Crippen MR) is 221 cm³/mol. The number of carbonyl (C=O) groups excluding carboxylic acids is 2. The molecule has 14 heteroatoms. The van der Waals surface area contributed by atoms with Gasteiger partial charge in [0, 0.05) is 12.8 Å². The lowest BCUT2D eigenvalue weighted by Crippen LogP contribution is -2.64. The second-order valence-electron chi connectivity index (χ2n) is 16.3. The summed E-state index contributed by atoms with van der Waals surface area (Å²) in [5.41, 5.74) is 0. The number of aliphatic hydroxyl groups is 5. The normalized spacial score (nSPS) is 22.6. The number of unbranched alkanes of at least 4 members (excludes halogenated alkanes) is 26. The third kappa shape index (κ3) is 27.3. The SMILES string of the molecule is CCCCCCCCCCCCCCCCCCCCCCCCC(=O)OC(COC(=O)CCCCCCCC)COP(=O)(O)OC1C(O)C(O)C(O)C(O)C1O. The van der Waals surface area contributed by atoms with Crippen molar-refractivity contribution in [2.24, 2.45) is 0 Å². The van der Waals surface area contributed by atoms with Crippen LogP contribution < -0.4 is 0 Å². The van der Waals surface area contributed by atoms with Gasteiger partial charge in [-0.3, -0.25) is 18.6 Å². The maximum Gasteiger partial charge on any atom is 0.472 e. The number of esters is 2. The Hall–Kier alpha value is -1.15. The summed E-state index contributed by atoms with van der Waals surface area (Å²) in [6, 6.07) is 0. The van der Waals surface area contributed by atoms with Crippen molar-refractivity contribution in [1.29, 1.82) is 0 Å². The molecule has 0 aromatic rings. The molecule has 0 aromatic heterocycles. The molecular formula is C43H83O13P. The molecule has 338 valence electrons. The molecule has 1 saturated carbocycles. The van der Waals surface area contributed by atoms with E-state index >= 15 is 0 Å². The number of hydrogen-bond acceptors (Lipinski definition) is 12. The van der Waals surface area contributed by atoms with Gasteiger partial charge >= 0.3 is 19.8 Å². The topological polar surface area (TPSA) is 210 Å². The monoisotopic (exact) mass is 839 g/mol. The van der Waals surface area contributed by atoms with Crippen molar-refractivity contribution in [2.75, 3.05) is 13.2 Å². The average molecular weight is 839 g/mol. The van der Waals surface area contributed by atoms with Crippen molar-refractivity contribution in [2.45, 2.75) is 249 Å². The lowest BCUT2D eigenvalue weighted by molar-refractivity contribution is -0.220. The summed E-state index contributed by atoms with van der Waals surface area (Å²) >= 11 is 0. The first-order valence-corrected chi connectivity index (χ1v) is 24.3. The first-order valence-electron chi connectivity index (χ1n) is 22.8. The Kier molecular flexibility index (Phi) is 32.7. The summed E-state index contributed by atoms with van der Waals surface area (Å²) < 4.78 is 33.3. The van der Waals surface area contributed by atoms with Gasteiger partial charge in [-0.25, -0.2) is 4.57 Å². The van der Waals surface area contributed by atoms with E-state index in [1.807, 2.05) is 0 Å². The smallest absolute Gasteiger partial charge is 0.462 e. The highest BCUT2D eigenvalue weighted by Gasteiger charge is 2.51. The largest absolute Gasteiger partial charge is 0.472 e. The molecule has 1 fully saturated rings. The van der Waals surface area contributed by atoms with Crippen LogP contribution in [0.4, 0.5) is 0 Å². The van der Waals surface area contributed by atoms with Crippen LogP contribution in [0.5, 0.6) is 0 Å². The minimum Gasteiger partial charge on any atom is -0.462 e. The van der Waals surface area contributed by atoms with E-state index in [0.717, 1.165) is 51.4 Å². The fourth-order valence-corrected chi connectivity index (χ4v) is 8.20. The molecule has 0 bridgehead atoms. The van der Waals surface area contributed by atoms with Crippen molar-refractivity contribution in [1.82, 2.24) is 0 Å². The molecule has 1 aliphatic rings. The van der Waals surface area contributed by atoms with Crippen molar-refractivity contribution in [3.63, 3.8) is 0 Å². The van der Waals surface area contributed by atoms with Gasteiger partial charge in [0.25, 0.3) is 0 Å². The van der Waals surface area contributed by atoms with Gasteiger partial charge in [-0.05, 0) is 12.8 Å². The Balaban J connectivity index is 2.31. The van der Waals surface area contributed by atoms with Gasteiger partial charge in [0.1, 0.15) is 43.2 Å². The highest BCUT2D eigenvalue weighted by molar-refractivity contribution is 7.47. The molecule has 6 unspecified atom stereocenters. The van der Waals surface area contributed by atoms with Gasteiger partial charge in [-0.1, -0.05) is 181 Å². The molecule has 0 spiro atoms. The summed E-state index contributed by atoms with van der Waals surface area (Å²) in [6.45, 7) is 3.23. The number of phosphoric ester groups is 1. The van der Waals surface area contributed by atoms with Gasteiger partial charge in [0.2, 0.25) is 0 Å². The van der Waals surface area contributed by atoms with Crippen molar-refractivity contribution >= 4 is 19.8 Å². The van der Waals surface area contributed by atoms with Gasteiger partial charge in [-0.15, -0.1) is 0 Å². The highest BCUT2D eigenvalue weighted by Crippen LogP contribution is 2.47. The molecule has 0 amide bonds. The fourth-order valence-electron chi connectivity index (χ4n) is 7.23. The maximum absolute atomic E-state index is 12.7. The summed E-state index contributed by atoms with van der Waals surface area (Å²) in [6.07, 6.45) is 20.8. The third-order valence-corrected chi connectivity index (χ3v) is 11.9. The second kappa shape index (κ2) is 34.6. The van der Waals surface area contributed by atoms with Crippen LogP contribution >= 0.6 is 7.82 Å². The molecule has 0 saturated heterocycles. The average Bonchev–Trinajstić information content (AvgIpc) is 3.19. The van der Waals surface area contributed by atoms with E-state index in [1.165, 1.54) is 116 Å². The molecule has 0 heterocycles. The Morgan fingerprint density at radius 2 is 0.789 bits per heavy atom. The lowest BCUT2D eigenvalue weighted by Gasteiger charge is -2.41. The molecule has 0 radical (unpaired) electrons. The summed E-state index contributed by atoms with van der Waals surface area (Å²) in [7, 11) is -5.10. The quantitative estimate of drug-likeness (QED) is 0.0196. The van der Waals surface area contributed by atoms with Crippen LogP contribution in [-0.2, 0) is 32.7 Å². The maximum atomic E-state index is 12.7. The molecule has 1 rings (SSSR count). The summed E-state index contributed by atoms with van der Waals surface area (Å²) in [5, 5.41) is 50.0. The Labute approximate surface area is 344 Å². The molecule has 1 aliphatic carbocycles. The van der Waals surface area contributed by atoms with E-state index in [0.29, 0.717) is 12.8 Å². The van der Waals surface area contributed by atoms with E-state index in [1.54, 1.807) is 0 Å². The van der Waals surface area contributed by atoms with Gasteiger partial charge < -0.3 is 39.9 Å². The number of hydrogen-bond donors (Lipinski definition) is 6. The number of aliphatic hydroxyl groups excluding tert-OH is 5. The molecule has 6 N–H and O–H groups in total. The van der Waals surface area contributed by atoms with E-state index < -0.39 is 75.7 Å². The van der Waals surface area contributed by atoms with Crippen LogP contribution in [0.3, 0.4) is 0 Å². The first-order chi connectivity index (χ1) is 27.4. The zero-order chi connectivity index (χ0) is 42.2. The van der Waals surface area contributed by atoms with E-state index in [2.05, 4.69) is 13.8 Å². The van der Waals surface area contributed by atoms with Gasteiger partial charge in [-0.2, -0.15) is 0 Å². The second-order valence-corrected chi connectivity index (χ2v) is 17.7. The standard InChI is InChI=1S/C43H83O13P/c1-3-5-7-9-11-12-13-14-15-16-17-18-19-20-21-22-23-24-25-26-28-30-32-37(45)55-35(33-53-36(44)31-29-27-10-8-6-4-2)34-54-57(51,52)56-43-41(49)39(47)38(46)40(48)42(43)50/h35,38-43,46-50H,3-34H2,1-2H3,(H,51,52). The third-order valence-electron chi connectivity index (χ3n) is 10.9. The van der Waals surface area contributed by atoms with Gasteiger partial charge in [0.05, 0.1) is 6.61 Å². The zero-order valence-corrected chi connectivity index (χ0v) is 36.6. The van der Waals surface area contributed by atoms with Crippen molar-refractivity contribution in [3.8, 4) is 0 Å². The van der Waals surface area contributed by atoms with Crippen LogP contribution in [0, 0.1) is 0 Å². The van der Waals surface area contributed by atoms with Crippen molar-refractivity contribution < 1.29 is 63.1 Å². The lowest BCUT2D eigenvalue weighted by atomic mass is 9.85. The molecule has 13 nitrogen and oxygen atoms in total. The van der Waals surface area contributed by atoms with E-state index in [-0.39, 0.29) is 12.8 Å². The first kappa shape index (κ1) is 53.9. The number of phosphoric acid groups is 1. The molecular weight excluding hydrogens is 755 g/mol. The van der Waals surface area contributed by atoms with Gasteiger partial charge in [0.15, 0.2) is 6.10 Å². The minimum absolute atomic E-state index is 0.104. The predicted octanol–water partition coefficient (Wildman–Crippen LogP) is 8.50. The van der Waals surface area contributed by atoms with Crippen LogP contribution in [-0.4, -0.2) is 98.3 Å². The number of carbonyl (C=O) groups is 2. The highest BCUT2D eigenvalue weighted by atomic mass is 31.2. The Bertz CT molecular complexity index is 1020. The van der Waals surface area contributed by atoms with E-state index in [4.69, 9.17) is 18.5 Å². The van der Waals surface area contributed by atoms with Crippen LogP contribution in [0.15, 0.2) is 0 Å².